The van der Waals surface area contributed by atoms with Gasteiger partial charge in [0.05, 0.1) is 19.1 Å². The van der Waals surface area contributed by atoms with E-state index in [0.717, 1.165) is 76.5 Å². The van der Waals surface area contributed by atoms with Crippen molar-refractivity contribution in [3.05, 3.63) is 29.8 Å². The monoisotopic (exact) mass is 396 g/mol. The molecule has 7 nitrogen and oxygen atoms in total. The average molecular weight is 396 g/mol. The molecule has 5 aliphatic heterocycles. The Labute approximate surface area is 171 Å². The summed E-state index contributed by atoms with van der Waals surface area (Å²) >= 11 is 0. The minimum absolute atomic E-state index is 0.00768. The number of ether oxygens (including phenoxy) is 1. The maximum atomic E-state index is 13.7. The lowest BCUT2D eigenvalue weighted by molar-refractivity contribution is -0.151. The Bertz CT molecular complexity index is 848. The molecular weight excluding hydrogens is 368 g/mol. The second-order valence-corrected chi connectivity index (χ2v) is 9.09. The van der Waals surface area contributed by atoms with Gasteiger partial charge in [-0.15, -0.1) is 0 Å². The Morgan fingerprint density at radius 1 is 1.10 bits per heavy atom. The molecule has 7 heteroatoms. The van der Waals surface area contributed by atoms with Gasteiger partial charge in [-0.2, -0.15) is 0 Å². The summed E-state index contributed by atoms with van der Waals surface area (Å²) in [6.45, 7) is 5.91. The number of hydrogen-bond donors (Lipinski definition) is 1. The SMILES string of the molecule is O=C([C@@H]1C[C@H]2CCCN2[C@]12C(=O)Nc1ccccc12)N1CC(N2CCOCC2)C1. The third-order valence-corrected chi connectivity index (χ3v) is 7.81. The van der Waals surface area contributed by atoms with Crippen LogP contribution in [0.2, 0.25) is 0 Å². The second kappa shape index (κ2) is 6.52. The molecule has 1 spiro atoms. The van der Waals surface area contributed by atoms with Gasteiger partial charge in [-0.3, -0.25) is 19.4 Å². The fraction of sp³-hybridized carbons (Fsp3) is 0.636. The molecule has 5 heterocycles. The molecule has 6 rings (SSSR count). The van der Waals surface area contributed by atoms with Crippen LogP contribution in [-0.2, 0) is 19.9 Å². The topological polar surface area (TPSA) is 65.1 Å². The van der Waals surface area contributed by atoms with Crippen LogP contribution in [0.5, 0.6) is 0 Å². The number of nitrogens with one attached hydrogen (secondary N) is 1. The van der Waals surface area contributed by atoms with Crippen molar-refractivity contribution in [3.63, 3.8) is 0 Å². The fourth-order valence-electron chi connectivity index (χ4n) is 6.39. The molecule has 1 aromatic carbocycles. The van der Waals surface area contributed by atoms with Crippen LogP contribution in [-0.4, -0.2) is 84.5 Å². The molecule has 5 aliphatic rings. The van der Waals surface area contributed by atoms with E-state index >= 15 is 0 Å². The van der Waals surface area contributed by atoms with Gasteiger partial charge < -0.3 is 15.0 Å². The van der Waals surface area contributed by atoms with Gasteiger partial charge in [0.2, 0.25) is 11.8 Å². The smallest absolute Gasteiger partial charge is 0.250 e. The quantitative estimate of drug-likeness (QED) is 0.803. The van der Waals surface area contributed by atoms with Crippen LogP contribution in [0, 0.1) is 5.92 Å². The molecule has 1 N–H and O–H groups in total. The first-order chi connectivity index (χ1) is 14.2. The minimum atomic E-state index is -0.821. The van der Waals surface area contributed by atoms with E-state index in [1.807, 2.05) is 29.2 Å². The van der Waals surface area contributed by atoms with Crippen LogP contribution in [0.3, 0.4) is 0 Å². The number of carbonyl (C=O) groups is 2. The second-order valence-electron chi connectivity index (χ2n) is 9.09. The van der Waals surface area contributed by atoms with Gasteiger partial charge in [0.1, 0.15) is 5.54 Å². The number of likely N-dealkylation sites (tertiary alicyclic amines) is 1. The van der Waals surface area contributed by atoms with Gasteiger partial charge in [-0.05, 0) is 31.9 Å². The van der Waals surface area contributed by atoms with E-state index in [1.54, 1.807) is 0 Å². The molecule has 4 fully saturated rings. The predicted molar refractivity (Wildman–Crippen MR) is 107 cm³/mol. The largest absolute Gasteiger partial charge is 0.379 e. The van der Waals surface area contributed by atoms with Crippen LogP contribution >= 0.6 is 0 Å². The third kappa shape index (κ3) is 2.41. The summed E-state index contributed by atoms with van der Waals surface area (Å²) in [6.07, 6.45) is 2.97. The van der Waals surface area contributed by atoms with E-state index in [4.69, 9.17) is 4.74 Å². The fourth-order valence-corrected chi connectivity index (χ4v) is 6.39. The summed E-state index contributed by atoms with van der Waals surface area (Å²) in [7, 11) is 0. The van der Waals surface area contributed by atoms with Crippen molar-refractivity contribution in [3.8, 4) is 0 Å². The van der Waals surface area contributed by atoms with Gasteiger partial charge >= 0.3 is 0 Å². The van der Waals surface area contributed by atoms with Crippen molar-refractivity contribution in [2.24, 2.45) is 5.92 Å². The van der Waals surface area contributed by atoms with E-state index in [1.165, 1.54) is 0 Å². The normalized spacial score (nSPS) is 34.9. The summed E-state index contributed by atoms with van der Waals surface area (Å²) in [5.74, 6) is -0.135. The third-order valence-electron chi connectivity index (χ3n) is 7.81. The zero-order valence-electron chi connectivity index (χ0n) is 16.7. The molecule has 0 bridgehead atoms. The molecule has 3 atom stereocenters. The van der Waals surface area contributed by atoms with Crippen LogP contribution in [0.1, 0.15) is 24.8 Å². The number of nitrogens with zero attached hydrogens (tertiary/aromatic N) is 3. The van der Waals surface area contributed by atoms with Crippen molar-refractivity contribution in [2.45, 2.75) is 36.9 Å². The number of rotatable bonds is 2. The number of amides is 2. The maximum absolute atomic E-state index is 13.7. The standard InChI is InChI=1S/C22H28N4O3/c27-20(25-13-16(14-25)24-8-10-29-11-9-24)18-12-15-4-3-7-26(15)22(18)17-5-1-2-6-19(17)23-21(22)28/h1-2,5-6,15-16,18H,3-4,7-14H2,(H,23,28)/t15-,18+,22+/m1/s1. The molecule has 0 radical (unpaired) electrons. The number of anilines is 1. The summed E-state index contributed by atoms with van der Waals surface area (Å²) in [5.41, 5.74) is 1.05. The lowest BCUT2D eigenvalue weighted by Gasteiger charge is -2.48. The molecule has 0 aromatic heterocycles. The Balaban J connectivity index is 1.29. The van der Waals surface area contributed by atoms with Gasteiger partial charge in [-0.25, -0.2) is 0 Å². The van der Waals surface area contributed by atoms with Gasteiger partial charge in [0, 0.05) is 49.5 Å². The van der Waals surface area contributed by atoms with Crippen LogP contribution in [0.4, 0.5) is 5.69 Å². The van der Waals surface area contributed by atoms with E-state index in [-0.39, 0.29) is 17.7 Å². The zero-order chi connectivity index (χ0) is 19.6. The molecule has 0 unspecified atom stereocenters. The predicted octanol–water partition coefficient (Wildman–Crippen LogP) is 0.861. The summed E-state index contributed by atoms with van der Waals surface area (Å²) < 4.78 is 5.45. The van der Waals surface area contributed by atoms with E-state index in [9.17, 15) is 9.59 Å². The molecule has 4 saturated heterocycles. The molecule has 29 heavy (non-hydrogen) atoms. The Kier molecular flexibility index (Phi) is 4.02. The van der Waals surface area contributed by atoms with Crippen molar-refractivity contribution in [1.29, 1.82) is 0 Å². The van der Waals surface area contributed by atoms with E-state index in [0.29, 0.717) is 12.1 Å². The summed E-state index contributed by atoms with van der Waals surface area (Å²) in [6, 6.07) is 8.71. The highest BCUT2D eigenvalue weighted by molar-refractivity contribution is 6.09. The number of carbonyl (C=O) groups excluding carboxylic acids is 2. The summed E-state index contributed by atoms with van der Waals surface area (Å²) in [5, 5.41) is 3.09. The lowest BCUT2D eigenvalue weighted by Crippen LogP contribution is -2.65. The molecule has 2 amide bonds. The number of benzene rings is 1. The van der Waals surface area contributed by atoms with Crippen molar-refractivity contribution in [1.82, 2.24) is 14.7 Å². The molecule has 1 aromatic rings. The summed E-state index contributed by atoms with van der Waals surface area (Å²) in [4.78, 5) is 33.9. The van der Waals surface area contributed by atoms with Crippen LogP contribution in [0.25, 0.3) is 0 Å². The number of hydrogen-bond acceptors (Lipinski definition) is 5. The van der Waals surface area contributed by atoms with E-state index in [2.05, 4.69) is 15.1 Å². The number of morpholine rings is 1. The van der Waals surface area contributed by atoms with Crippen molar-refractivity contribution in [2.75, 3.05) is 51.3 Å². The Morgan fingerprint density at radius 3 is 2.72 bits per heavy atom. The minimum Gasteiger partial charge on any atom is -0.379 e. The highest BCUT2D eigenvalue weighted by Gasteiger charge is 2.66. The first-order valence-electron chi connectivity index (χ1n) is 11.0. The van der Waals surface area contributed by atoms with Gasteiger partial charge in [-0.1, -0.05) is 18.2 Å². The number of para-hydroxylation sites is 1. The molecule has 0 saturated carbocycles. The van der Waals surface area contributed by atoms with Crippen molar-refractivity contribution < 1.29 is 14.3 Å². The Morgan fingerprint density at radius 2 is 1.90 bits per heavy atom. The first kappa shape index (κ1) is 17.9. The molecule has 154 valence electrons. The highest BCUT2D eigenvalue weighted by Crippen LogP contribution is 2.55. The maximum Gasteiger partial charge on any atom is 0.250 e. The zero-order valence-corrected chi connectivity index (χ0v) is 16.7. The van der Waals surface area contributed by atoms with Gasteiger partial charge in [0.15, 0.2) is 0 Å². The molecular formula is C22H28N4O3. The average Bonchev–Trinajstić information content (AvgIpc) is 3.36. The van der Waals surface area contributed by atoms with Crippen LogP contribution < -0.4 is 5.32 Å². The highest BCUT2D eigenvalue weighted by atomic mass is 16.5. The Hall–Kier alpha value is -1.96. The lowest BCUT2D eigenvalue weighted by atomic mass is 9.77. The van der Waals surface area contributed by atoms with Crippen LogP contribution in [0.15, 0.2) is 24.3 Å². The number of fused-ring (bicyclic) bond motifs is 4. The first-order valence-corrected chi connectivity index (χ1v) is 11.0. The molecule has 0 aliphatic carbocycles. The van der Waals surface area contributed by atoms with E-state index < -0.39 is 5.54 Å². The van der Waals surface area contributed by atoms with Gasteiger partial charge in [0.25, 0.3) is 0 Å². The van der Waals surface area contributed by atoms with Crippen molar-refractivity contribution >= 4 is 17.5 Å².